The first-order chi connectivity index (χ1) is 12.4. The Bertz CT molecular complexity index is 881. The largest absolute Gasteiger partial charge is 0.481 e. The first-order valence-corrected chi connectivity index (χ1v) is 8.20. The highest BCUT2D eigenvalue weighted by atomic mass is 16.5. The van der Waals surface area contributed by atoms with Crippen molar-refractivity contribution in [1.82, 2.24) is 15.3 Å². The summed E-state index contributed by atoms with van der Waals surface area (Å²) in [5, 5.41) is 5.80. The zero-order valence-electron chi connectivity index (χ0n) is 15.2. The Morgan fingerprint density at radius 3 is 2.88 bits per heavy atom. The van der Waals surface area contributed by atoms with Crippen LogP contribution in [0.2, 0.25) is 0 Å². The van der Waals surface area contributed by atoms with Gasteiger partial charge in [0.1, 0.15) is 5.82 Å². The number of aromatic nitrogens is 2. The fraction of sp³-hybridized carbons (Fsp3) is 0.333. The predicted octanol–water partition coefficient (Wildman–Crippen LogP) is 1.42. The molecule has 136 valence electrons. The van der Waals surface area contributed by atoms with Gasteiger partial charge in [0.25, 0.3) is 5.91 Å². The second kappa shape index (κ2) is 6.99. The third-order valence-electron chi connectivity index (χ3n) is 4.33. The number of rotatable bonds is 4. The summed E-state index contributed by atoms with van der Waals surface area (Å²) in [4.78, 5) is 34.4. The van der Waals surface area contributed by atoms with E-state index < -0.39 is 0 Å². The third kappa shape index (κ3) is 3.30. The van der Waals surface area contributed by atoms with E-state index in [9.17, 15) is 9.59 Å². The second-order valence-corrected chi connectivity index (χ2v) is 6.15. The Morgan fingerprint density at radius 2 is 2.15 bits per heavy atom. The number of nitrogens with one attached hydrogen (secondary N) is 2. The second-order valence-electron chi connectivity index (χ2n) is 6.15. The van der Waals surface area contributed by atoms with Crippen LogP contribution in [0, 0.1) is 13.8 Å². The molecule has 3 heterocycles. The molecule has 2 N–H and O–H groups in total. The maximum absolute atomic E-state index is 12.5. The lowest BCUT2D eigenvalue weighted by Gasteiger charge is -2.26. The van der Waals surface area contributed by atoms with Gasteiger partial charge in [-0.1, -0.05) is 0 Å². The third-order valence-corrected chi connectivity index (χ3v) is 4.33. The molecule has 0 saturated heterocycles. The molecule has 0 spiro atoms. The number of fused-ring (bicyclic) bond motifs is 1. The van der Waals surface area contributed by atoms with Crippen LogP contribution in [0.5, 0.6) is 5.88 Å². The highest BCUT2D eigenvalue weighted by molar-refractivity contribution is 6.03. The number of amides is 2. The molecule has 2 aromatic heterocycles. The van der Waals surface area contributed by atoms with Crippen LogP contribution < -0.4 is 20.3 Å². The molecular weight excluding hydrogens is 334 g/mol. The summed E-state index contributed by atoms with van der Waals surface area (Å²) in [6, 6.07) is 3.59. The van der Waals surface area contributed by atoms with Crippen molar-refractivity contribution in [2.45, 2.75) is 20.4 Å². The van der Waals surface area contributed by atoms with Crippen LogP contribution in [-0.4, -0.2) is 42.5 Å². The van der Waals surface area contributed by atoms with Crippen molar-refractivity contribution in [2.75, 3.05) is 30.9 Å². The monoisotopic (exact) mass is 355 g/mol. The van der Waals surface area contributed by atoms with Gasteiger partial charge in [-0.2, -0.15) is 0 Å². The van der Waals surface area contributed by atoms with Crippen LogP contribution >= 0.6 is 0 Å². The van der Waals surface area contributed by atoms with Crippen molar-refractivity contribution in [2.24, 2.45) is 0 Å². The van der Waals surface area contributed by atoms with Crippen molar-refractivity contribution < 1.29 is 14.3 Å². The molecule has 1 aliphatic rings. The van der Waals surface area contributed by atoms with Crippen molar-refractivity contribution in [3.8, 4) is 5.88 Å². The standard InChI is InChI=1S/C18H21N5O3/c1-10-5-11(2)22-18(26-4)13(10)8-21-17(25)12-6-14-16(19-7-12)20-9-15(24)23(14)3/h5-7H,8-9H2,1-4H3,(H,19,20)(H,21,25). The Labute approximate surface area is 151 Å². The number of pyridine rings is 2. The summed E-state index contributed by atoms with van der Waals surface area (Å²) >= 11 is 0. The molecule has 26 heavy (non-hydrogen) atoms. The lowest BCUT2D eigenvalue weighted by atomic mass is 10.1. The minimum Gasteiger partial charge on any atom is -0.481 e. The molecule has 0 aliphatic carbocycles. The quantitative estimate of drug-likeness (QED) is 0.861. The summed E-state index contributed by atoms with van der Waals surface area (Å²) in [7, 11) is 3.22. The number of hydrogen-bond donors (Lipinski definition) is 2. The maximum atomic E-state index is 12.5. The van der Waals surface area contributed by atoms with E-state index in [0.29, 0.717) is 22.9 Å². The highest BCUT2D eigenvalue weighted by Crippen LogP contribution is 2.27. The summed E-state index contributed by atoms with van der Waals surface area (Å²) in [6.07, 6.45) is 1.49. The molecule has 3 rings (SSSR count). The topological polar surface area (TPSA) is 96.4 Å². The van der Waals surface area contributed by atoms with Crippen LogP contribution in [0.15, 0.2) is 18.3 Å². The van der Waals surface area contributed by atoms with Crippen LogP contribution in [-0.2, 0) is 11.3 Å². The molecule has 0 aromatic carbocycles. The van der Waals surface area contributed by atoms with Gasteiger partial charge in [-0.15, -0.1) is 0 Å². The lowest BCUT2D eigenvalue weighted by Crippen LogP contribution is -2.37. The van der Waals surface area contributed by atoms with Gasteiger partial charge >= 0.3 is 0 Å². The number of methoxy groups -OCH3 is 1. The molecule has 0 atom stereocenters. The zero-order chi connectivity index (χ0) is 18.8. The Hall–Kier alpha value is -3.16. The van der Waals surface area contributed by atoms with Gasteiger partial charge in [0, 0.05) is 31.0 Å². The number of nitrogens with zero attached hydrogens (tertiary/aromatic N) is 3. The van der Waals surface area contributed by atoms with Gasteiger partial charge in [-0.3, -0.25) is 9.59 Å². The fourth-order valence-corrected chi connectivity index (χ4v) is 2.87. The van der Waals surface area contributed by atoms with Gasteiger partial charge in [0.05, 0.1) is 24.9 Å². The van der Waals surface area contributed by atoms with E-state index in [4.69, 9.17) is 4.74 Å². The van der Waals surface area contributed by atoms with E-state index in [0.717, 1.165) is 16.8 Å². The lowest BCUT2D eigenvalue weighted by molar-refractivity contribution is -0.116. The number of carbonyl (C=O) groups excluding carboxylic acids is 2. The van der Waals surface area contributed by atoms with Gasteiger partial charge in [0.15, 0.2) is 0 Å². The molecular formula is C18H21N5O3. The molecule has 0 fully saturated rings. The van der Waals surface area contributed by atoms with Crippen molar-refractivity contribution >= 4 is 23.3 Å². The van der Waals surface area contributed by atoms with Gasteiger partial charge < -0.3 is 20.3 Å². The molecule has 2 aromatic rings. The van der Waals surface area contributed by atoms with Crippen LogP contribution in [0.4, 0.5) is 11.5 Å². The van der Waals surface area contributed by atoms with Crippen molar-refractivity contribution in [3.63, 3.8) is 0 Å². The highest BCUT2D eigenvalue weighted by Gasteiger charge is 2.23. The molecule has 0 saturated carbocycles. The fourth-order valence-electron chi connectivity index (χ4n) is 2.87. The zero-order valence-corrected chi connectivity index (χ0v) is 15.2. The van der Waals surface area contributed by atoms with Crippen LogP contribution in [0.1, 0.15) is 27.2 Å². The van der Waals surface area contributed by atoms with E-state index in [2.05, 4.69) is 20.6 Å². The van der Waals surface area contributed by atoms with Crippen LogP contribution in [0.3, 0.4) is 0 Å². The number of anilines is 2. The van der Waals surface area contributed by atoms with Gasteiger partial charge in [-0.25, -0.2) is 9.97 Å². The predicted molar refractivity (Wildman–Crippen MR) is 97.6 cm³/mol. The number of ether oxygens (including phenoxy) is 1. The maximum Gasteiger partial charge on any atom is 0.253 e. The molecule has 0 unspecified atom stereocenters. The minimum atomic E-state index is -0.284. The molecule has 0 bridgehead atoms. The average molecular weight is 355 g/mol. The first-order valence-electron chi connectivity index (χ1n) is 8.20. The van der Waals surface area contributed by atoms with E-state index in [1.165, 1.54) is 11.1 Å². The van der Waals surface area contributed by atoms with Crippen molar-refractivity contribution in [3.05, 3.63) is 40.7 Å². The Balaban J connectivity index is 1.79. The van der Waals surface area contributed by atoms with Crippen LogP contribution in [0.25, 0.3) is 0 Å². The Kier molecular flexibility index (Phi) is 4.75. The van der Waals surface area contributed by atoms with E-state index in [-0.39, 0.29) is 24.9 Å². The smallest absolute Gasteiger partial charge is 0.253 e. The van der Waals surface area contributed by atoms with Gasteiger partial charge in [-0.05, 0) is 31.5 Å². The minimum absolute atomic E-state index is 0.0806. The summed E-state index contributed by atoms with van der Waals surface area (Å²) in [5.41, 5.74) is 3.64. The molecule has 1 aliphatic heterocycles. The number of hydrogen-bond acceptors (Lipinski definition) is 6. The summed E-state index contributed by atoms with van der Waals surface area (Å²) in [6.45, 7) is 4.32. The SMILES string of the molecule is COc1nc(C)cc(C)c1CNC(=O)c1cnc2c(c1)N(C)C(=O)CN2. The molecule has 8 nitrogen and oxygen atoms in total. The molecule has 2 amide bonds. The molecule has 0 radical (unpaired) electrons. The average Bonchev–Trinajstić information content (AvgIpc) is 2.63. The normalized spacial score (nSPS) is 13.1. The number of likely N-dealkylation sites (N-methyl/N-ethyl adjacent to an activating group) is 1. The van der Waals surface area contributed by atoms with E-state index >= 15 is 0 Å². The number of aryl methyl sites for hydroxylation is 2. The summed E-state index contributed by atoms with van der Waals surface area (Å²) < 4.78 is 5.32. The van der Waals surface area contributed by atoms with Crippen molar-refractivity contribution in [1.29, 1.82) is 0 Å². The van der Waals surface area contributed by atoms with Gasteiger partial charge in [0.2, 0.25) is 11.8 Å². The van der Waals surface area contributed by atoms with E-state index in [1.54, 1.807) is 20.2 Å². The summed E-state index contributed by atoms with van der Waals surface area (Å²) in [5.74, 6) is 0.724. The van der Waals surface area contributed by atoms with E-state index in [1.807, 2.05) is 19.9 Å². The Morgan fingerprint density at radius 1 is 1.38 bits per heavy atom. The molecule has 8 heteroatoms. The number of carbonyl (C=O) groups is 2. The first kappa shape index (κ1) is 17.7.